The van der Waals surface area contributed by atoms with Crippen molar-refractivity contribution in [3.8, 4) is 17.4 Å². The van der Waals surface area contributed by atoms with Gasteiger partial charge in [0.25, 0.3) is 0 Å². The van der Waals surface area contributed by atoms with Gasteiger partial charge in [-0.05, 0) is 39.0 Å². The van der Waals surface area contributed by atoms with Crippen molar-refractivity contribution in [3.63, 3.8) is 0 Å². The van der Waals surface area contributed by atoms with Crippen LogP contribution in [0.15, 0.2) is 35.5 Å². The zero-order valence-corrected chi connectivity index (χ0v) is 20.4. The highest BCUT2D eigenvalue weighted by atomic mass is 127. The van der Waals surface area contributed by atoms with Crippen LogP contribution in [0.2, 0.25) is 0 Å². The lowest BCUT2D eigenvalue weighted by atomic mass is 10.1. The molecule has 1 aromatic carbocycles. The first-order valence-electron chi connectivity index (χ1n) is 10.1. The lowest BCUT2D eigenvalue weighted by Crippen LogP contribution is -2.36. The van der Waals surface area contributed by atoms with Crippen molar-refractivity contribution >= 4 is 29.9 Å². The van der Waals surface area contributed by atoms with Gasteiger partial charge in [0.1, 0.15) is 17.6 Å². The molecule has 8 heteroatoms. The highest BCUT2D eigenvalue weighted by Gasteiger charge is 2.21. The zero-order chi connectivity index (χ0) is 20.6. The average Bonchev–Trinajstić information content (AvgIpc) is 3.09. The molecule has 0 radical (unpaired) electrons. The molecule has 1 aliphatic heterocycles. The summed E-state index contributed by atoms with van der Waals surface area (Å²) < 4.78 is 17.1. The number of rotatable bonds is 8. The molecule has 1 atom stereocenters. The molecule has 0 amide bonds. The van der Waals surface area contributed by atoms with Gasteiger partial charge in [0.15, 0.2) is 5.96 Å². The van der Waals surface area contributed by atoms with Gasteiger partial charge in [0.2, 0.25) is 5.88 Å². The van der Waals surface area contributed by atoms with E-state index in [-0.39, 0.29) is 30.1 Å². The van der Waals surface area contributed by atoms with Crippen LogP contribution in [-0.2, 0) is 19.5 Å². The normalized spacial score (nSPS) is 14.9. The van der Waals surface area contributed by atoms with Crippen LogP contribution in [0, 0.1) is 0 Å². The molecule has 164 valence electrons. The predicted molar refractivity (Wildman–Crippen MR) is 129 cm³/mol. The van der Waals surface area contributed by atoms with E-state index < -0.39 is 0 Å². The summed E-state index contributed by atoms with van der Waals surface area (Å²) in [6.07, 6.45) is 2.83. The number of guanidine groups is 1. The van der Waals surface area contributed by atoms with E-state index in [2.05, 4.69) is 34.7 Å². The van der Waals surface area contributed by atoms with E-state index in [1.54, 1.807) is 13.3 Å². The van der Waals surface area contributed by atoms with Crippen LogP contribution in [0.1, 0.15) is 37.5 Å². The first-order valence-corrected chi connectivity index (χ1v) is 10.1. The van der Waals surface area contributed by atoms with Crippen LogP contribution in [0.5, 0.6) is 17.4 Å². The summed E-state index contributed by atoms with van der Waals surface area (Å²) in [7, 11) is 1.62. The van der Waals surface area contributed by atoms with Crippen LogP contribution in [0.4, 0.5) is 0 Å². The number of hydrogen-bond donors (Lipinski definition) is 2. The smallest absolute Gasteiger partial charge is 0.218 e. The number of nitrogens with one attached hydrogen (secondary N) is 2. The first kappa shape index (κ1) is 24.0. The summed E-state index contributed by atoms with van der Waals surface area (Å²) >= 11 is 0. The number of methoxy groups -OCH3 is 1. The van der Waals surface area contributed by atoms with E-state index in [0.29, 0.717) is 25.6 Å². The van der Waals surface area contributed by atoms with Crippen LogP contribution in [0.25, 0.3) is 0 Å². The van der Waals surface area contributed by atoms with Crippen LogP contribution < -0.4 is 24.8 Å². The third-order valence-corrected chi connectivity index (χ3v) is 4.62. The Hall–Kier alpha value is -2.23. The lowest BCUT2D eigenvalue weighted by molar-refractivity contribution is 0.254. The van der Waals surface area contributed by atoms with Crippen LogP contribution in [-0.4, -0.2) is 37.3 Å². The van der Waals surface area contributed by atoms with E-state index in [1.807, 2.05) is 26.0 Å². The molecule has 2 aromatic rings. The van der Waals surface area contributed by atoms with E-state index in [1.165, 1.54) is 5.56 Å². The van der Waals surface area contributed by atoms with Gasteiger partial charge in [-0.2, -0.15) is 0 Å². The molecule has 2 N–H and O–H groups in total. The first-order chi connectivity index (χ1) is 14.1. The molecule has 0 spiro atoms. The number of ether oxygens (including phenoxy) is 3. The largest absolute Gasteiger partial charge is 0.494 e. The Bertz CT molecular complexity index is 860. The van der Waals surface area contributed by atoms with Gasteiger partial charge in [-0.3, -0.25) is 0 Å². The summed E-state index contributed by atoms with van der Waals surface area (Å²) in [5, 5.41) is 6.62. The molecule has 7 nitrogen and oxygen atoms in total. The number of benzene rings is 1. The minimum absolute atomic E-state index is 0. The number of aliphatic imine (C=N–C) groups is 1. The standard InChI is InChI=1S/C22H30N4O3.HI/c1-5-23-22(25-13-16-8-7-9-24-21(16)27-4)26-14-18-12-20-17(10-15(3)29-20)11-19(18)28-6-2;/h7-9,11-12,15H,5-6,10,13-14H2,1-4H3,(H2,23,25,26);1H. The molecule has 2 heterocycles. The molecule has 0 fully saturated rings. The van der Waals surface area contributed by atoms with Gasteiger partial charge in [-0.25, -0.2) is 9.98 Å². The Balaban J connectivity index is 0.00000320. The molecule has 1 aliphatic rings. The summed E-state index contributed by atoms with van der Waals surface area (Å²) in [6.45, 7) is 8.54. The van der Waals surface area contributed by atoms with Crippen LogP contribution >= 0.6 is 24.0 Å². The molecule has 1 aromatic heterocycles. The maximum atomic E-state index is 5.91. The number of hydrogen-bond acceptors (Lipinski definition) is 5. The fraction of sp³-hybridized carbons (Fsp3) is 0.455. The fourth-order valence-electron chi connectivity index (χ4n) is 3.32. The highest BCUT2D eigenvalue weighted by Crippen LogP contribution is 2.35. The fourth-order valence-corrected chi connectivity index (χ4v) is 3.32. The zero-order valence-electron chi connectivity index (χ0n) is 18.0. The van der Waals surface area contributed by atoms with E-state index in [9.17, 15) is 0 Å². The molecule has 0 saturated heterocycles. The minimum Gasteiger partial charge on any atom is -0.494 e. The number of aromatic nitrogens is 1. The van der Waals surface area contributed by atoms with Gasteiger partial charge < -0.3 is 24.8 Å². The third-order valence-electron chi connectivity index (χ3n) is 4.62. The highest BCUT2D eigenvalue weighted by molar-refractivity contribution is 14.0. The van der Waals surface area contributed by atoms with Crippen LogP contribution in [0.3, 0.4) is 0 Å². The lowest BCUT2D eigenvalue weighted by Gasteiger charge is -2.14. The molecular formula is C22H31IN4O3. The van der Waals surface area contributed by atoms with Crippen molar-refractivity contribution in [1.82, 2.24) is 15.6 Å². The van der Waals surface area contributed by atoms with Crippen molar-refractivity contribution in [2.75, 3.05) is 20.3 Å². The van der Waals surface area contributed by atoms with Crippen molar-refractivity contribution in [1.29, 1.82) is 0 Å². The van der Waals surface area contributed by atoms with Crippen molar-refractivity contribution in [2.45, 2.75) is 46.4 Å². The molecular weight excluding hydrogens is 495 g/mol. The number of halogens is 1. The summed E-state index contributed by atoms with van der Waals surface area (Å²) in [5.74, 6) is 3.14. The second-order valence-electron chi connectivity index (χ2n) is 6.85. The molecule has 0 bridgehead atoms. The van der Waals surface area contributed by atoms with Gasteiger partial charge in [-0.15, -0.1) is 24.0 Å². The summed E-state index contributed by atoms with van der Waals surface area (Å²) in [4.78, 5) is 8.97. The SMILES string of the molecule is CCNC(=NCc1cc2c(cc1OCC)CC(C)O2)NCc1cccnc1OC.I. The molecule has 3 rings (SSSR count). The Morgan fingerprint density at radius 2 is 2.10 bits per heavy atom. The topological polar surface area (TPSA) is 77.0 Å². The minimum atomic E-state index is 0. The second-order valence-corrected chi connectivity index (χ2v) is 6.85. The number of nitrogens with zero attached hydrogens (tertiary/aromatic N) is 2. The quantitative estimate of drug-likeness (QED) is 0.311. The Labute approximate surface area is 195 Å². The number of pyridine rings is 1. The van der Waals surface area contributed by atoms with Gasteiger partial charge in [0.05, 0.1) is 20.3 Å². The maximum absolute atomic E-state index is 5.91. The average molecular weight is 526 g/mol. The monoisotopic (exact) mass is 526 g/mol. The Kier molecular flexibility index (Phi) is 9.48. The van der Waals surface area contributed by atoms with Crippen molar-refractivity contribution in [3.05, 3.63) is 47.2 Å². The van der Waals surface area contributed by atoms with Gasteiger partial charge >= 0.3 is 0 Å². The summed E-state index contributed by atoms with van der Waals surface area (Å²) in [5.41, 5.74) is 3.17. The van der Waals surface area contributed by atoms with E-state index in [4.69, 9.17) is 19.2 Å². The maximum Gasteiger partial charge on any atom is 0.218 e. The van der Waals surface area contributed by atoms with Gasteiger partial charge in [-0.1, -0.05) is 6.07 Å². The third kappa shape index (κ3) is 6.13. The second kappa shape index (κ2) is 11.8. The van der Waals surface area contributed by atoms with E-state index >= 15 is 0 Å². The Morgan fingerprint density at radius 3 is 2.83 bits per heavy atom. The van der Waals surface area contributed by atoms with E-state index in [0.717, 1.165) is 41.6 Å². The predicted octanol–water partition coefficient (Wildman–Crippen LogP) is 3.69. The number of fused-ring (bicyclic) bond motifs is 1. The Morgan fingerprint density at radius 1 is 1.27 bits per heavy atom. The molecule has 0 aliphatic carbocycles. The summed E-state index contributed by atoms with van der Waals surface area (Å²) in [6, 6.07) is 8.02. The van der Waals surface area contributed by atoms with Crippen molar-refractivity contribution in [2.24, 2.45) is 4.99 Å². The molecule has 0 saturated carbocycles. The van der Waals surface area contributed by atoms with Crippen molar-refractivity contribution < 1.29 is 14.2 Å². The molecule has 30 heavy (non-hydrogen) atoms. The van der Waals surface area contributed by atoms with Gasteiger partial charge in [0, 0.05) is 42.4 Å². The molecule has 1 unspecified atom stereocenters.